The first-order valence-electron chi connectivity index (χ1n) is 4.77. The van der Waals surface area contributed by atoms with Gasteiger partial charge in [0, 0.05) is 12.6 Å². The molecule has 0 fully saturated rings. The lowest BCUT2D eigenvalue weighted by molar-refractivity contribution is 0.0972. The Labute approximate surface area is 98.2 Å². The van der Waals surface area contributed by atoms with Crippen LogP contribution in [0.2, 0.25) is 0 Å². The van der Waals surface area contributed by atoms with Gasteiger partial charge >= 0.3 is 0 Å². The van der Waals surface area contributed by atoms with Crippen LogP contribution in [0.3, 0.4) is 0 Å². The van der Waals surface area contributed by atoms with Crippen LogP contribution < -0.4 is 5.32 Å². The third-order valence-corrected chi connectivity index (χ3v) is 2.52. The predicted molar refractivity (Wildman–Crippen MR) is 63.0 cm³/mol. The second-order valence-electron chi connectivity index (χ2n) is 4.49. The molecule has 1 N–H and O–H groups in total. The minimum atomic E-state index is -0.0548. The molecule has 1 aromatic rings. The van der Waals surface area contributed by atoms with Gasteiger partial charge in [0.15, 0.2) is 5.78 Å². The van der Waals surface area contributed by atoms with E-state index >= 15 is 0 Å². The van der Waals surface area contributed by atoms with Crippen LogP contribution in [0.5, 0.6) is 0 Å². The van der Waals surface area contributed by atoms with Crippen molar-refractivity contribution in [3.63, 3.8) is 0 Å². The first-order valence-corrected chi connectivity index (χ1v) is 5.56. The number of carbonyl (C=O) groups excluding carboxylic acids is 1. The largest absolute Gasteiger partial charge is 0.305 e. The molecular weight excluding hydrogens is 258 g/mol. The van der Waals surface area contributed by atoms with Crippen molar-refractivity contribution in [1.29, 1.82) is 0 Å². The van der Waals surface area contributed by atoms with Gasteiger partial charge < -0.3 is 5.32 Å². The van der Waals surface area contributed by atoms with Crippen molar-refractivity contribution in [1.82, 2.24) is 15.1 Å². The van der Waals surface area contributed by atoms with E-state index in [1.165, 1.54) is 0 Å². The number of nitrogens with one attached hydrogen (secondary N) is 1. The van der Waals surface area contributed by atoms with Gasteiger partial charge in [-0.25, -0.2) is 0 Å². The summed E-state index contributed by atoms with van der Waals surface area (Å²) in [5, 5.41) is 7.16. The maximum absolute atomic E-state index is 11.8. The molecule has 0 aromatic carbocycles. The first-order chi connectivity index (χ1) is 6.81. The smallest absolute Gasteiger partial charge is 0.195 e. The Balaban J connectivity index is 2.70. The number of hydrogen-bond donors (Lipinski definition) is 1. The summed E-state index contributed by atoms with van der Waals surface area (Å²) in [4.78, 5) is 11.8. The summed E-state index contributed by atoms with van der Waals surface area (Å²) >= 11 is 3.31. The minimum Gasteiger partial charge on any atom is -0.305 e. The van der Waals surface area contributed by atoms with E-state index in [1.54, 1.807) is 17.9 Å². The maximum atomic E-state index is 11.8. The monoisotopic (exact) mass is 273 g/mol. The molecular formula is C10H16BrN3O. The molecule has 5 heteroatoms. The van der Waals surface area contributed by atoms with E-state index in [4.69, 9.17) is 0 Å². The van der Waals surface area contributed by atoms with Gasteiger partial charge in [-0.1, -0.05) is 0 Å². The number of aryl methyl sites for hydroxylation is 1. The van der Waals surface area contributed by atoms with Gasteiger partial charge in [0.1, 0.15) is 5.69 Å². The van der Waals surface area contributed by atoms with E-state index in [0.29, 0.717) is 12.2 Å². The standard InChI is InChI=1S/C10H16BrN3O/c1-10(2,3)12-6-8(15)9-7(11)5-13-14(9)4/h5,12H,6H2,1-4H3. The van der Waals surface area contributed by atoms with Gasteiger partial charge in [0.25, 0.3) is 0 Å². The molecule has 84 valence electrons. The molecule has 0 aliphatic carbocycles. The van der Waals surface area contributed by atoms with E-state index in [-0.39, 0.29) is 11.3 Å². The van der Waals surface area contributed by atoms with Crippen LogP contribution in [-0.4, -0.2) is 27.6 Å². The molecule has 0 radical (unpaired) electrons. The lowest BCUT2D eigenvalue weighted by Crippen LogP contribution is -2.39. The van der Waals surface area contributed by atoms with Crippen LogP contribution in [0.4, 0.5) is 0 Å². The zero-order chi connectivity index (χ0) is 11.6. The second kappa shape index (κ2) is 4.45. The van der Waals surface area contributed by atoms with Crippen molar-refractivity contribution in [2.45, 2.75) is 26.3 Å². The third kappa shape index (κ3) is 3.43. The van der Waals surface area contributed by atoms with Gasteiger partial charge in [0.2, 0.25) is 0 Å². The van der Waals surface area contributed by atoms with Crippen molar-refractivity contribution in [3.05, 3.63) is 16.4 Å². The highest BCUT2D eigenvalue weighted by Crippen LogP contribution is 2.15. The number of aromatic nitrogens is 2. The summed E-state index contributed by atoms with van der Waals surface area (Å²) in [5.74, 6) is 0.0387. The third-order valence-electron chi connectivity index (χ3n) is 1.94. The summed E-state index contributed by atoms with van der Waals surface area (Å²) in [6.45, 7) is 6.40. The van der Waals surface area contributed by atoms with E-state index in [9.17, 15) is 4.79 Å². The van der Waals surface area contributed by atoms with Crippen molar-refractivity contribution in [2.75, 3.05) is 6.54 Å². The normalized spacial score (nSPS) is 11.8. The molecule has 1 aromatic heterocycles. The Morgan fingerprint density at radius 1 is 1.60 bits per heavy atom. The Hall–Kier alpha value is -0.680. The molecule has 15 heavy (non-hydrogen) atoms. The molecule has 1 heterocycles. The number of Topliss-reactive ketones (excluding diaryl/α,β-unsaturated/α-hetero) is 1. The van der Waals surface area contributed by atoms with Crippen LogP contribution in [0.15, 0.2) is 10.7 Å². The summed E-state index contributed by atoms with van der Waals surface area (Å²) in [6.07, 6.45) is 1.63. The van der Waals surface area contributed by atoms with Crippen LogP contribution in [-0.2, 0) is 7.05 Å². The van der Waals surface area contributed by atoms with Gasteiger partial charge in [0.05, 0.1) is 17.2 Å². The number of ketones is 1. The highest BCUT2D eigenvalue weighted by Gasteiger charge is 2.17. The topological polar surface area (TPSA) is 46.9 Å². The highest BCUT2D eigenvalue weighted by atomic mass is 79.9. The Kier molecular flexibility index (Phi) is 3.67. The number of halogens is 1. The molecule has 1 rings (SSSR count). The average molecular weight is 274 g/mol. The van der Waals surface area contributed by atoms with Crippen molar-refractivity contribution in [2.24, 2.45) is 7.05 Å². The van der Waals surface area contributed by atoms with E-state index in [1.807, 2.05) is 20.8 Å². The lowest BCUT2D eigenvalue weighted by atomic mass is 10.1. The molecule has 0 atom stereocenters. The van der Waals surface area contributed by atoms with Gasteiger partial charge in [-0.15, -0.1) is 0 Å². The number of nitrogens with zero attached hydrogens (tertiary/aromatic N) is 2. The lowest BCUT2D eigenvalue weighted by Gasteiger charge is -2.19. The Bertz CT molecular complexity index is 346. The quantitative estimate of drug-likeness (QED) is 0.854. The highest BCUT2D eigenvalue weighted by molar-refractivity contribution is 9.10. The zero-order valence-corrected chi connectivity index (χ0v) is 11.1. The number of carbonyl (C=O) groups is 1. The fraction of sp³-hybridized carbons (Fsp3) is 0.600. The molecule has 4 nitrogen and oxygen atoms in total. The van der Waals surface area contributed by atoms with E-state index in [0.717, 1.165) is 4.47 Å². The molecule has 0 saturated carbocycles. The molecule has 0 unspecified atom stereocenters. The van der Waals surface area contributed by atoms with Gasteiger partial charge in [-0.3, -0.25) is 9.48 Å². The molecule has 0 bridgehead atoms. The fourth-order valence-electron chi connectivity index (χ4n) is 1.15. The average Bonchev–Trinajstić information content (AvgIpc) is 2.41. The zero-order valence-electron chi connectivity index (χ0n) is 9.47. The Morgan fingerprint density at radius 3 is 2.60 bits per heavy atom. The summed E-state index contributed by atoms with van der Waals surface area (Å²) in [7, 11) is 1.76. The summed E-state index contributed by atoms with van der Waals surface area (Å²) in [6, 6.07) is 0. The molecule has 0 saturated heterocycles. The van der Waals surface area contributed by atoms with Crippen molar-refractivity contribution in [3.8, 4) is 0 Å². The second-order valence-corrected chi connectivity index (χ2v) is 5.35. The number of rotatable bonds is 3. The van der Waals surface area contributed by atoms with E-state index < -0.39 is 0 Å². The molecule has 0 amide bonds. The molecule has 0 aliphatic heterocycles. The van der Waals surface area contributed by atoms with Crippen molar-refractivity contribution < 1.29 is 4.79 Å². The minimum absolute atomic E-state index is 0.0387. The van der Waals surface area contributed by atoms with Crippen LogP contribution >= 0.6 is 15.9 Å². The maximum Gasteiger partial charge on any atom is 0.195 e. The molecule has 0 aliphatic rings. The van der Waals surface area contributed by atoms with Crippen LogP contribution in [0.1, 0.15) is 31.3 Å². The van der Waals surface area contributed by atoms with Crippen LogP contribution in [0.25, 0.3) is 0 Å². The Morgan fingerprint density at radius 2 is 2.20 bits per heavy atom. The van der Waals surface area contributed by atoms with Crippen molar-refractivity contribution >= 4 is 21.7 Å². The predicted octanol–water partition coefficient (Wildman–Crippen LogP) is 1.75. The number of hydrogen-bond acceptors (Lipinski definition) is 3. The molecule has 0 spiro atoms. The SMILES string of the molecule is Cn1ncc(Br)c1C(=O)CNC(C)(C)C. The van der Waals surface area contributed by atoms with Crippen LogP contribution in [0, 0.1) is 0 Å². The first kappa shape index (κ1) is 12.4. The summed E-state index contributed by atoms with van der Waals surface area (Å²) < 4.78 is 2.32. The van der Waals surface area contributed by atoms with Gasteiger partial charge in [-0.2, -0.15) is 5.10 Å². The van der Waals surface area contributed by atoms with E-state index in [2.05, 4.69) is 26.3 Å². The summed E-state index contributed by atoms with van der Waals surface area (Å²) in [5.41, 5.74) is 0.549. The fourth-order valence-corrected chi connectivity index (χ4v) is 1.72. The van der Waals surface area contributed by atoms with Gasteiger partial charge in [-0.05, 0) is 36.7 Å².